The standard InChI is InChI=1S/C9H3Cl2F3O3/c10-7(15)4-2-1-3-5-6(4)17-9(13,14)8(11,12)16-5/h1-3H. The minimum absolute atomic E-state index is 0.365. The molecule has 0 amide bonds. The van der Waals surface area contributed by atoms with Gasteiger partial charge in [-0.05, 0) is 35.3 Å². The first-order chi connectivity index (χ1) is 7.74. The summed E-state index contributed by atoms with van der Waals surface area (Å²) in [5.41, 5.74) is -0.365. The monoisotopic (exact) mass is 286 g/mol. The fraction of sp³-hybridized carbons (Fsp3) is 0.222. The Balaban J connectivity index is 2.57. The molecule has 1 aromatic carbocycles. The summed E-state index contributed by atoms with van der Waals surface area (Å²) in [4.78, 5) is 10.9. The number of hydrogen-bond acceptors (Lipinski definition) is 3. The van der Waals surface area contributed by atoms with E-state index < -0.39 is 28.2 Å². The third kappa shape index (κ3) is 1.91. The maximum atomic E-state index is 13.2. The summed E-state index contributed by atoms with van der Waals surface area (Å²) in [5.74, 6) is -1.08. The van der Waals surface area contributed by atoms with Gasteiger partial charge < -0.3 is 9.47 Å². The van der Waals surface area contributed by atoms with Crippen molar-refractivity contribution in [1.29, 1.82) is 0 Å². The van der Waals surface area contributed by atoms with Crippen molar-refractivity contribution in [3.63, 3.8) is 0 Å². The highest BCUT2D eigenvalue weighted by Crippen LogP contribution is 2.49. The molecule has 2 rings (SSSR count). The number of carbonyl (C=O) groups excluding carboxylic acids is 1. The topological polar surface area (TPSA) is 35.5 Å². The summed E-state index contributed by atoms with van der Waals surface area (Å²) in [7, 11) is 0. The van der Waals surface area contributed by atoms with Crippen molar-refractivity contribution in [3.05, 3.63) is 23.8 Å². The van der Waals surface area contributed by atoms with Gasteiger partial charge in [-0.1, -0.05) is 6.07 Å². The van der Waals surface area contributed by atoms with E-state index in [1.54, 1.807) is 0 Å². The van der Waals surface area contributed by atoms with Crippen molar-refractivity contribution in [1.82, 2.24) is 0 Å². The first-order valence-corrected chi connectivity index (χ1v) is 4.97. The van der Waals surface area contributed by atoms with Gasteiger partial charge >= 0.3 is 11.4 Å². The summed E-state index contributed by atoms with van der Waals surface area (Å²) in [6.45, 7) is 0. The second-order valence-electron chi connectivity index (χ2n) is 3.14. The molecule has 0 bridgehead atoms. The third-order valence-corrected chi connectivity index (χ3v) is 2.50. The van der Waals surface area contributed by atoms with Crippen LogP contribution in [0.15, 0.2) is 18.2 Å². The molecule has 0 fully saturated rings. The number of carbonyl (C=O) groups is 1. The molecule has 0 aliphatic carbocycles. The van der Waals surface area contributed by atoms with Crippen LogP contribution in [0.5, 0.6) is 11.5 Å². The Bertz CT molecular complexity index is 490. The number of alkyl halides is 4. The molecule has 1 heterocycles. The predicted octanol–water partition coefficient (Wildman–Crippen LogP) is 3.29. The number of halogens is 5. The van der Waals surface area contributed by atoms with Crippen molar-refractivity contribution in [3.8, 4) is 11.5 Å². The highest BCUT2D eigenvalue weighted by Gasteiger charge is 2.63. The van der Waals surface area contributed by atoms with Crippen molar-refractivity contribution in [2.75, 3.05) is 0 Å². The van der Waals surface area contributed by atoms with Crippen molar-refractivity contribution in [2.24, 2.45) is 0 Å². The summed E-state index contributed by atoms with van der Waals surface area (Å²) < 4.78 is 47.7. The molecule has 1 unspecified atom stereocenters. The van der Waals surface area contributed by atoms with E-state index in [0.29, 0.717) is 0 Å². The van der Waals surface area contributed by atoms with E-state index in [-0.39, 0.29) is 5.56 Å². The Morgan fingerprint density at radius 2 is 1.88 bits per heavy atom. The van der Waals surface area contributed by atoms with Crippen LogP contribution in [0.4, 0.5) is 13.2 Å². The number of para-hydroxylation sites is 1. The van der Waals surface area contributed by atoms with E-state index in [1.807, 2.05) is 0 Å². The Hall–Kier alpha value is -1.14. The van der Waals surface area contributed by atoms with E-state index in [1.165, 1.54) is 6.07 Å². The molecular formula is C9H3Cl2F3O3. The lowest BCUT2D eigenvalue weighted by atomic mass is 10.2. The van der Waals surface area contributed by atoms with Gasteiger partial charge in [0.25, 0.3) is 5.24 Å². The Morgan fingerprint density at radius 3 is 2.47 bits per heavy atom. The average Bonchev–Trinajstić information content (AvgIpc) is 2.17. The summed E-state index contributed by atoms with van der Waals surface area (Å²) in [6.07, 6.45) is -4.44. The molecule has 1 aromatic rings. The number of benzene rings is 1. The zero-order valence-corrected chi connectivity index (χ0v) is 9.36. The lowest BCUT2D eigenvalue weighted by Gasteiger charge is -2.33. The lowest BCUT2D eigenvalue weighted by Crippen LogP contribution is -2.51. The van der Waals surface area contributed by atoms with E-state index in [2.05, 4.69) is 9.47 Å². The molecule has 1 aliphatic heterocycles. The van der Waals surface area contributed by atoms with Crippen LogP contribution in [0.2, 0.25) is 0 Å². The fourth-order valence-electron chi connectivity index (χ4n) is 1.24. The molecule has 0 radical (unpaired) electrons. The number of ether oxygens (including phenoxy) is 2. The number of fused-ring (bicyclic) bond motifs is 1. The van der Waals surface area contributed by atoms with Gasteiger partial charge in [-0.2, -0.15) is 13.2 Å². The van der Waals surface area contributed by atoms with Gasteiger partial charge in [0.15, 0.2) is 11.5 Å². The summed E-state index contributed by atoms with van der Waals surface area (Å²) in [5, 5.41) is -4.88. The van der Waals surface area contributed by atoms with Gasteiger partial charge in [0.05, 0.1) is 5.56 Å². The van der Waals surface area contributed by atoms with Gasteiger partial charge in [0.2, 0.25) is 0 Å². The summed E-state index contributed by atoms with van der Waals surface area (Å²) >= 11 is 10.00. The smallest absolute Gasteiger partial charge is 0.434 e. The third-order valence-electron chi connectivity index (χ3n) is 2.00. The second-order valence-corrected chi connectivity index (χ2v) is 3.97. The molecule has 17 heavy (non-hydrogen) atoms. The Morgan fingerprint density at radius 1 is 1.24 bits per heavy atom. The van der Waals surface area contributed by atoms with Gasteiger partial charge in [0.1, 0.15) is 0 Å². The Kier molecular flexibility index (Phi) is 2.67. The van der Waals surface area contributed by atoms with Crippen LogP contribution in [0.3, 0.4) is 0 Å². The second kappa shape index (κ2) is 3.68. The minimum atomic E-state index is -4.44. The van der Waals surface area contributed by atoms with Crippen LogP contribution in [-0.2, 0) is 0 Å². The molecule has 0 saturated heterocycles. The van der Waals surface area contributed by atoms with E-state index in [4.69, 9.17) is 23.2 Å². The van der Waals surface area contributed by atoms with Gasteiger partial charge in [-0.15, -0.1) is 0 Å². The van der Waals surface area contributed by atoms with Gasteiger partial charge in [0, 0.05) is 0 Å². The van der Waals surface area contributed by atoms with Crippen LogP contribution >= 0.6 is 23.2 Å². The molecule has 0 spiro atoms. The molecule has 0 N–H and O–H groups in total. The first-order valence-electron chi connectivity index (χ1n) is 4.21. The van der Waals surface area contributed by atoms with E-state index >= 15 is 0 Å². The highest BCUT2D eigenvalue weighted by atomic mass is 35.5. The van der Waals surface area contributed by atoms with Crippen molar-refractivity contribution in [2.45, 2.75) is 11.4 Å². The van der Waals surface area contributed by atoms with Crippen LogP contribution in [0.1, 0.15) is 10.4 Å². The van der Waals surface area contributed by atoms with Gasteiger partial charge in [-0.25, -0.2) is 0 Å². The molecule has 3 nitrogen and oxygen atoms in total. The predicted molar refractivity (Wildman–Crippen MR) is 52.5 cm³/mol. The maximum Gasteiger partial charge on any atom is 0.488 e. The van der Waals surface area contributed by atoms with E-state index in [9.17, 15) is 18.0 Å². The zero-order valence-electron chi connectivity index (χ0n) is 7.85. The number of rotatable bonds is 1. The molecule has 92 valence electrons. The molecule has 1 atom stereocenters. The fourth-order valence-corrected chi connectivity index (χ4v) is 1.51. The number of hydrogen-bond donors (Lipinski definition) is 0. The highest BCUT2D eigenvalue weighted by molar-refractivity contribution is 6.68. The molecule has 0 saturated carbocycles. The molecule has 0 aromatic heterocycles. The first kappa shape index (κ1) is 12.3. The minimum Gasteiger partial charge on any atom is -0.434 e. The maximum absolute atomic E-state index is 13.2. The average molecular weight is 287 g/mol. The normalized spacial score (nSPS) is 25.5. The molecular weight excluding hydrogens is 284 g/mol. The quantitative estimate of drug-likeness (QED) is 0.587. The van der Waals surface area contributed by atoms with Crippen LogP contribution in [-0.4, -0.2) is 16.7 Å². The van der Waals surface area contributed by atoms with E-state index in [0.717, 1.165) is 12.1 Å². The zero-order chi connectivity index (χ0) is 12.8. The van der Waals surface area contributed by atoms with Crippen molar-refractivity contribution >= 4 is 28.4 Å². The molecule has 8 heteroatoms. The summed E-state index contributed by atoms with van der Waals surface area (Å²) in [6, 6.07) is 3.51. The van der Waals surface area contributed by atoms with Crippen molar-refractivity contribution < 1.29 is 27.4 Å². The lowest BCUT2D eigenvalue weighted by molar-refractivity contribution is -0.303. The van der Waals surface area contributed by atoms with Crippen LogP contribution < -0.4 is 9.47 Å². The molecule has 1 aliphatic rings. The SMILES string of the molecule is O=C(Cl)c1cccc2c1OC(F)(F)C(F)(Cl)O2. The van der Waals surface area contributed by atoms with Gasteiger partial charge in [-0.3, -0.25) is 4.79 Å². The van der Waals surface area contributed by atoms with Crippen LogP contribution in [0, 0.1) is 0 Å². The Labute approximate surface area is 103 Å². The largest absolute Gasteiger partial charge is 0.488 e. The van der Waals surface area contributed by atoms with Crippen LogP contribution in [0.25, 0.3) is 0 Å².